The van der Waals surface area contributed by atoms with Gasteiger partial charge < -0.3 is 24.3 Å². The Bertz CT molecular complexity index is 1630. The first-order valence-electron chi connectivity index (χ1n) is 13.2. The fraction of sp³-hybridized carbons (Fsp3) is 0.152. The molecule has 0 spiro atoms. The summed E-state index contributed by atoms with van der Waals surface area (Å²) in [5.74, 6) is 2.27. The van der Waals surface area contributed by atoms with E-state index in [2.05, 4.69) is 65.2 Å². The lowest BCUT2D eigenvalue weighted by atomic mass is 10.0. The van der Waals surface area contributed by atoms with Crippen LogP contribution < -0.4 is 19.7 Å². The number of hydrogen-bond donors (Lipinski definition) is 1. The smallest absolute Gasteiger partial charge is 0.174 e. The second-order valence-corrected chi connectivity index (χ2v) is 10.2. The lowest BCUT2D eigenvalue weighted by Crippen LogP contribution is -2.30. The Morgan fingerprint density at radius 3 is 2.15 bits per heavy atom. The fourth-order valence-electron chi connectivity index (χ4n) is 5.13. The van der Waals surface area contributed by atoms with Gasteiger partial charge in [0.05, 0.1) is 18.8 Å². The first-order valence-corrected chi connectivity index (χ1v) is 13.6. The number of nitrogens with zero attached hydrogens (tertiary/aromatic N) is 3. The van der Waals surface area contributed by atoms with Crippen molar-refractivity contribution in [3.8, 4) is 22.9 Å². The molecule has 0 bridgehead atoms. The van der Waals surface area contributed by atoms with Gasteiger partial charge in [-0.05, 0) is 122 Å². The Kier molecular flexibility index (Phi) is 6.97. The summed E-state index contributed by atoms with van der Waals surface area (Å²) in [5.41, 5.74) is 6.66. The summed E-state index contributed by atoms with van der Waals surface area (Å²) in [7, 11) is 1.65. The van der Waals surface area contributed by atoms with E-state index in [1.54, 1.807) is 7.11 Å². The molecule has 1 aliphatic heterocycles. The third kappa shape index (κ3) is 4.92. The highest BCUT2D eigenvalue weighted by molar-refractivity contribution is 7.80. The highest BCUT2D eigenvalue weighted by atomic mass is 32.1. The number of thiocarbonyl (C=S) groups is 1. The Morgan fingerprint density at radius 1 is 0.775 bits per heavy atom. The molecule has 1 saturated heterocycles. The fourth-order valence-corrected chi connectivity index (χ4v) is 5.48. The summed E-state index contributed by atoms with van der Waals surface area (Å²) in [5, 5.41) is 4.21. The molecular weight excluding hydrogens is 516 g/mol. The second-order valence-electron chi connectivity index (χ2n) is 9.84. The molecule has 0 unspecified atom stereocenters. The van der Waals surface area contributed by atoms with E-state index < -0.39 is 0 Å². The van der Waals surface area contributed by atoms with Gasteiger partial charge in [-0.25, -0.2) is 0 Å². The van der Waals surface area contributed by atoms with Crippen molar-refractivity contribution in [2.75, 3.05) is 12.0 Å². The zero-order chi connectivity index (χ0) is 27.6. The molecule has 0 amide bonds. The maximum absolute atomic E-state index is 6.07. The maximum atomic E-state index is 6.07. The number of nitrogens with one attached hydrogen (secondary N) is 1. The first kappa shape index (κ1) is 25.6. The highest BCUT2D eigenvalue weighted by Crippen LogP contribution is 2.42. The number of aryl methyl sites for hydroxylation is 2. The van der Waals surface area contributed by atoms with Crippen LogP contribution in [0.25, 0.3) is 5.69 Å². The minimum Gasteiger partial charge on any atom is -0.497 e. The van der Waals surface area contributed by atoms with Crippen LogP contribution in [0.5, 0.6) is 17.2 Å². The molecule has 0 saturated carbocycles. The Balaban J connectivity index is 1.37. The second kappa shape index (κ2) is 10.9. The lowest BCUT2D eigenvalue weighted by Gasteiger charge is -2.29. The van der Waals surface area contributed by atoms with Crippen molar-refractivity contribution in [3.05, 3.63) is 132 Å². The van der Waals surface area contributed by atoms with E-state index in [0.29, 0.717) is 5.11 Å². The minimum absolute atomic E-state index is 0.132. The van der Waals surface area contributed by atoms with Crippen molar-refractivity contribution >= 4 is 23.0 Å². The first-order chi connectivity index (χ1) is 19.5. The summed E-state index contributed by atoms with van der Waals surface area (Å²) >= 11 is 5.94. The molecule has 40 heavy (non-hydrogen) atoms. The predicted molar refractivity (Wildman–Crippen MR) is 163 cm³/mol. The predicted octanol–water partition coefficient (Wildman–Crippen LogP) is 7.47. The molecule has 7 heteroatoms. The summed E-state index contributed by atoms with van der Waals surface area (Å²) in [4.78, 5) is 6.88. The molecule has 5 aromatic rings. The van der Waals surface area contributed by atoms with Crippen molar-refractivity contribution in [2.45, 2.75) is 25.9 Å². The van der Waals surface area contributed by atoms with Crippen LogP contribution in [0.1, 0.15) is 34.6 Å². The van der Waals surface area contributed by atoms with Gasteiger partial charge in [-0.1, -0.05) is 12.1 Å². The molecule has 3 aromatic carbocycles. The van der Waals surface area contributed by atoms with Gasteiger partial charge in [0.25, 0.3) is 0 Å². The van der Waals surface area contributed by atoms with Crippen LogP contribution in [-0.2, 0) is 0 Å². The number of rotatable bonds is 7. The normalized spacial score (nSPS) is 16.6. The molecule has 0 aliphatic carbocycles. The summed E-state index contributed by atoms with van der Waals surface area (Å²) in [6.45, 7) is 4.28. The van der Waals surface area contributed by atoms with Crippen molar-refractivity contribution in [2.24, 2.45) is 0 Å². The third-order valence-electron chi connectivity index (χ3n) is 7.36. The van der Waals surface area contributed by atoms with Crippen LogP contribution in [0.15, 0.2) is 109 Å². The van der Waals surface area contributed by atoms with E-state index in [4.69, 9.17) is 26.7 Å². The van der Waals surface area contributed by atoms with Gasteiger partial charge >= 0.3 is 0 Å². The third-order valence-corrected chi connectivity index (χ3v) is 7.67. The lowest BCUT2D eigenvalue weighted by molar-refractivity contribution is 0.413. The average Bonchev–Trinajstić information content (AvgIpc) is 3.60. The number of hydrogen-bond acceptors (Lipinski definition) is 4. The summed E-state index contributed by atoms with van der Waals surface area (Å²) in [6.07, 6.45) is 3.94. The number of benzene rings is 3. The molecule has 2 aromatic heterocycles. The Hall–Kier alpha value is -4.62. The van der Waals surface area contributed by atoms with E-state index in [9.17, 15) is 0 Å². The van der Waals surface area contributed by atoms with Gasteiger partial charge in [-0.2, -0.15) is 0 Å². The van der Waals surface area contributed by atoms with Crippen molar-refractivity contribution in [3.63, 3.8) is 0 Å². The van der Waals surface area contributed by atoms with Crippen LogP contribution in [0.3, 0.4) is 0 Å². The number of aromatic nitrogens is 2. The highest BCUT2D eigenvalue weighted by Gasteiger charge is 2.42. The van der Waals surface area contributed by atoms with Gasteiger partial charge in [0.15, 0.2) is 5.11 Å². The van der Waals surface area contributed by atoms with Gasteiger partial charge in [0.1, 0.15) is 23.3 Å². The Labute approximate surface area is 239 Å². The van der Waals surface area contributed by atoms with Crippen LogP contribution in [-0.4, -0.2) is 21.8 Å². The molecule has 200 valence electrons. The van der Waals surface area contributed by atoms with Gasteiger partial charge in [-0.15, -0.1) is 0 Å². The summed E-state index contributed by atoms with van der Waals surface area (Å²) < 4.78 is 13.6. The van der Waals surface area contributed by atoms with Gasteiger partial charge in [-0.3, -0.25) is 4.98 Å². The molecule has 3 heterocycles. The number of pyridine rings is 1. The number of anilines is 1. The number of methoxy groups -OCH3 is 1. The standard InChI is InChI=1S/C33H30N4O2S/c1-22-9-10-25(21-23(22)2)36-20-6-8-30(36)32-31(29-7-4-5-19-34-29)35-33(40)37(32)24-11-13-27(14-12-24)39-28-17-15-26(38-3)16-18-28/h4-21,31-32H,1-3H3,(H,35,40)/t31-,32-/m0/s1. The van der Waals surface area contributed by atoms with Crippen molar-refractivity contribution < 1.29 is 9.47 Å². The van der Waals surface area contributed by atoms with Crippen LogP contribution >= 0.6 is 12.2 Å². The monoisotopic (exact) mass is 546 g/mol. The molecule has 1 aliphatic rings. The van der Waals surface area contributed by atoms with Gasteiger partial charge in [0.2, 0.25) is 0 Å². The zero-order valence-corrected chi connectivity index (χ0v) is 23.4. The largest absolute Gasteiger partial charge is 0.497 e. The average molecular weight is 547 g/mol. The molecule has 0 radical (unpaired) electrons. The number of ether oxygens (including phenoxy) is 2. The summed E-state index contributed by atoms with van der Waals surface area (Å²) in [6, 6.07) is 32.1. The minimum atomic E-state index is -0.135. The van der Waals surface area contributed by atoms with E-state index in [1.807, 2.05) is 72.9 Å². The molecule has 6 rings (SSSR count). The molecule has 1 fully saturated rings. The quantitative estimate of drug-likeness (QED) is 0.214. The van der Waals surface area contributed by atoms with E-state index in [0.717, 1.165) is 40.0 Å². The molecule has 2 atom stereocenters. The van der Waals surface area contributed by atoms with Gasteiger partial charge in [0, 0.05) is 29.5 Å². The van der Waals surface area contributed by atoms with Crippen LogP contribution in [0.4, 0.5) is 5.69 Å². The zero-order valence-electron chi connectivity index (χ0n) is 22.6. The van der Waals surface area contributed by atoms with Crippen LogP contribution in [0, 0.1) is 13.8 Å². The van der Waals surface area contributed by atoms with E-state index in [-0.39, 0.29) is 12.1 Å². The topological polar surface area (TPSA) is 51.6 Å². The van der Waals surface area contributed by atoms with Crippen molar-refractivity contribution in [1.29, 1.82) is 0 Å². The molecular formula is C33H30N4O2S. The SMILES string of the molecule is COc1ccc(Oc2ccc(N3C(=S)N[C@@H](c4ccccn4)[C@@H]3c3cccn3-c3ccc(C)c(C)c3)cc2)cc1. The van der Waals surface area contributed by atoms with E-state index in [1.165, 1.54) is 11.1 Å². The molecule has 6 nitrogen and oxygen atoms in total. The van der Waals surface area contributed by atoms with E-state index >= 15 is 0 Å². The maximum Gasteiger partial charge on any atom is 0.174 e. The van der Waals surface area contributed by atoms with Crippen molar-refractivity contribution in [1.82, 2.24) is 14.9 Å². The van der Waals surface area contributed by atoms with Crippen LogP contribution in [0.2, 0.25) is 0 Å². The molecule has 1 N–H and O–H groups in total. The Morgan fingerprint density at radius 2 is 1.48 bits per heavy atom.